The summed E-state index contributed by atoms with van der Waals surface area (Å²) in [4.78, 5) is 18.8. The zero-order chi connectivity index (χ0) is 17.2. The Bertz CT molecular complexity index is 886. The van der Waals surface area contributed by atoms with Gasteiger partial charge in [0.2, 0.25) is 10.0 Å². The summed E-state index contributed by atoms with van der Waals surface area (Å²) in [6.45, 7) is 1.93. The molecule has 7 heteroatoms. The molecule has 3 rings (SSSR count). The molecule has 1 heterocycles. The van der Waals surface area contributed by atoms with Crippen LogP contribution >= 0.6 is 0 Å². The highest BCUT2D eigenvalue weighted by Crippen LogP contribution is 2.28. The van der Waals surface area contributed by atoms with Crippen LogP contribution in [0.2, 0.25) is 0 Å². The molecule has 1 aliphatic carbocycles. The molecule has 1 saturated carbocycles. The average molecular weight is 347 g/mol. The smallest absolute Gasteiger partial charge is 0.251 e. The van der Waals surface area contributed by atoms with E-state index in [0.717, 1.165) is 19.3 Å². The predicted molar refractivity (Wildman–Crippen MR) is 94.4 cm³/mol. The van der Waals surface area contributed by atoms with Crippen LogP contribution in [0.1, 0.15) is 31.9 Å². The van der Waals surface area contributed by atoms with Crippen LogP contribution in [0.25, 0.3) is 11.4 Å². The van der Waals surface area contributed by atoms with Crippen molar-refractivity contribution in [2.45, 2.75) is 32.6 Å². The van der Waals surface area contributed by atoms with Gasteiger partial charge in [-0.25, -0.2) is 13.4 Å². The van der Waals surface area contributed by atoms with Crippen LogP contribution in [-0.2, 0) is 16.4 Å². The fraction of sp³-hybridized carbons (Fsp3) is 0.412. The summed E-state index contributed by atoms with van der Waals surface area (Å²) in [7, 11) is -3.36. The molecule has 128 valence electrons. The van der Waals surface area contributed by atoms with Crippen molar-refractivity contribution in [3.63, 3.8) is 0 Å². The SMILES string of the molecule is CCc1cc(=O)[nH]c(-c2cccc(NS(=O)(=O)CC3CCC3)c2)n1. The van der Waals surface area contributed by atoms with E-state index in [-0.39, 0.29) is 17.2 Å². The van der Waals surface area contributed by atoms with Crippen molar-refractivity contribution < 1.29 is 8.42 Å². The van der Waals surface area contributed by atoms with Crippen molar-refractivity contribution in [2.24, 2.45) is 5.92 Å². The number of nitrogens with one attached hydrogen (secondary N) is 2. The Balaban J connectivity index is 1.84. The van der Waals surface area contributed by atoms with Crippen LogP contribution in [0.3, 0.4) is 0 Å². The Morgan fingerprint density at radius 3 is 2.75 bits per heavy atom. The number of anilines is 1. The van der Waals surface area contributed by atoms with Crippen molar-refractivity contribution in [3.8, 4) is 11.4 Å². The topological polar surface area (TPSA) is 91.9 Å². The van der Waals surface area contributed by atoms with Crippen molar-refractivity contribution in [1.82, 2.24) is 9.97 Å². The van der Waals surface area contributed by atoms with Crippen LogP contribution in [-0.4, -0.2) is 24.1 Å². The van der Waals surface area contributed by atoms with Gasteiger partial charge >= 0.3 is 0 Å². The van der Waals surface area contributed by atoms with Gasteiger partial charge in [0.15, 0.2) is 0 Å². The number of rotatable bonds is 6. The Hall–Kier alpha value is -2.15. The highest BCUT2D eigenvalue weighted by Gasteiger charge is 2.24. The molecule has 6 nitrogen and oxygen atoms in total. The molecule has 0 spiro atoms. The van der Waals surface area contributed by atoms with E-state index in [0.29, 0.717) is 29.2 Å². The minimum Gasteiger partial charge on any atom is -0.307 e. The summed E-state index contributed by atoms with van der Waals surface area (Å²) in [6, 6.07) is 8.39. The van der Waals surface area contributed by atoms with Gasteiger partial charge in [-0.3, -0.25) is 9.52 Å². The normalized spacial score (nSPS) is 15.0. The highest BCUT2D eigenvalue weighted by molar-refractivity contribution is 7.92. The number of sulfonamides is 1. The van der Waals surface area contributed by atoms with Crippen LogP contribution in [0.4, 0.5) is 5.69 Å². The average Bonchev–Trinajstić information content (AvgIpc) is 2.50. The quantitative estimate of drug-likeness (QED) is 0.840. The highest BCUT2D eigenvalue weighted by atomic mass is 32.2. The van der Waals surface area contributed by atoms with Gasteiger partial charge in [-0.15, -0.1) is 0 Å². The molecule has 0 atom stereocenters. The molecule has 0 bridgehead atoms. The number of aromatic nitrogens is 2. The van der Waals surface area contributed by atoms with E-state index in [1.54, 1.807) is 24.3 Å². The molecule has 2 aromatic rings. The fourth-order valence-corrected chi connectivity index (χ4v) is 4.27. The summed E-state index contributed by atoms with van der Waals surface area (Å²) in [6.07, 6.45) is 3.74. The van der Waals surface area contributed by atoms with Crippen LogP contribution in [0, 0.1) is 5.92 Å². The van der Waals surface area contributed by atoms with E-state index in [9.17, 15) is 13.2 Å². The number of hydrogen-bond donors (Lipinski definition) is 2. The lowest BCUT2D eigenvalue weighted by atomic mass is 9.87. The molecule has 0 unspecified atom stereocenters. The second-order valence-corrected chi connectivity index (χ2v) is 7.97. The fourth-order valence-electron chi connectivity index (χ4n) is 2.75. The first-order chi connectivity index (χ1) is 11.4. The number of nitrogens with zero attached hydrogens (tertiary/aromatic N) is 1. The van der Waals surface area contributed by atoms with Gasteiger partial charge in [0.25, 0.3) is 5.56 Å². The molecular formula is C17H21N3O3S. The van der Waals surface area contributed by atoms with Crippen molar-refractivity contribution in [1.29, 1.82) is 0 Å². The van der Waals surface area contributed by atoms with Crippen molar-refractivity contribution >= 4 is 15.7 Å². The van der Waals surface area contributed by atoms with E-state index in [4.69, 9.17) is 0 Å². The zero-order valence-corrected chi connectivity index (χ0v) is 14.4. The summed E-state index contributed by atoms with van der Waals surface area (Å²) >= 11 is 0. The first-order valence-electron chi connectivity index (χ1n) is 8.16. The van der Waals surface area contributed by atoms with Crippen molar-refractivity contribution in [3.05, 3.63) is 46.4 Å². The third-order valence-corrected chi connectivity index (χ3v) is 5.70. The van der Waals surface area contributed by atoms with Gasteiger partial charge in [0.1, 0.15) is 5.82 Å². The minimum atomic E-state index is -3.36. The maximum atomic E-state index is 12.2. The van der Waals surface area contributed by atoms with E-state index in [1.165, 1.54) is 6.07 Å². The molecule has 1 fully saturated rings. The number of benzene rings is 1. The summed E-state index contributed by atoms with van der Waals surface area (Å²) in [5.41, 5.74) is 1.64. The summed E-state index contributed by atoms with van der Waals surface area (Å²) < 4.78 is 27.1. The van der Waals surface area contributed by atoms with E-state index < -0.39 is 10.0 Å². The van der Waals surface area contributed by atoms with Crippen molar-refractivity contribution in [2.75, 3.05) is 10.5 Å². The number of hydrogen-bond acceptors (Lipinski definition) is 4. The maximum Gasteiger partial charge on any atom is 0.251 e. The first kappa shape index (κ1) is 16.7. The van der Waals surface area contributed by atoms with Gasteiger partial charge in [0, 0.05) is 23.0 Å². The molecule has 24 heavy (non-hydrogen) atoms. The van der Waals surface area contributed by atoms with Gasteiger partial charge < -0.3 is 4.98 Å². The summed E-state index contributed by atoms with van der Waals surface area (Å²) in [5, 5.41) is 0. The van der Waals surface area contributed by atoms with Gasteiger partial charge in [-0.05, 0) is 37.3 Å². The monoisotopic (exact) mass is 347 g/mol. The van der Waals surface area contributed by atoms with Crippen LogP contribution < -0.4 is 10.3 Å². The van der Waals surface area contributed by atoms with Gasteiger partial charge in [-0.1, -0.05) is 25.5 Å². The zero-order valence-electron chi connectivity index (χ0n) is 13.6. The van der Waals surface area contributed by atoms with Crippen LogP contribution in [0.5, 0.6) is 0 Å². The number of H-pyrrole nitrogens is 1. The second-order valence-electron chi connectivity index (χ2n) is 6.20. The van der Waals surface area contributed by atoms with E-state index in [2.05, 4.69) is 14.7 Å². The van der Waals surface area contributed by atoms with Crippen LogP contribution in [0.15, 0.2) is 35.1 Å². The molecule has 1 aliphatic rings. The molecule has 0 aliphatic heterocycles. The molecule has 0 amide bonds. The lowest BCUT2D eigenvalue weighted by Gasteiger charge is -2.25. The molecule has 0 saturated heterocycles. The molecule has 0 radical (unpaired) electrons. The van der Waals surface area contributed by atoms with Gasteiger partial charge in [-0.2, -0.15) is 0 Å². The lowest BCUT2D eigenvalue weighted by molar-refractivity contribution is 0.347. The molecule has 1 aromatic heterocycles. The lowest BCUT2D eigenvalue weighted by Crippen LogP contribution is -2.26. The number of aromatic amines is 1. The Morgan fingerprint density at radius 2 is 2.08 bits per heavy atom. The minimum absolute atomic E-state index is 0.164. The Kier molecular flexibility index (Phi) is 4.71. The maximum absolute atomic E-state index is 12.2. The largest absolute Gasteiger partial charge is 0.307 e. The molecular weight excluding hydrogens is 326 g/mol. The Labute approximate surface area is 141 Å². The molecule has 1 aromatic carbocycles. The predicted octanol–water partition coefficient (Wildman–Crippen LogP) is 2.54. The Morgan fingerprint density at radius 1 is 1.29 bits per heavy atom. The van der Waals surface area contributed by atoms with E-state index >= 15 is 0 Å². The number of aryl methyl sites for hydroxylation is 1. The summed E-state index contributed by atoms with van der Waals surface area (Å²) in [5.74, 6) is 0.877. The third-order valence-electron chi connectivity index (χ3n) is 4.25. The van der Waals surface area contributed by atoms with Gasteiger partial charge in [0.05, 0.1) is 5.75 Å². The third kappa shape index (κ3) is 4.03. The first-order valence-corrected chi connectivity index (χ1v) is 9.81. The second kappa shape index (κ2) is 6.76. The molecule has 2 N–H and O–H groups in total. The van der Waals surface area contributed by atoms with E-state index in [1.807, 2.05) is 6.92 Å². The standard InChI is InChI=1S/C17H21N3O3S/c1-2-14-10-16(21)19-17(18-14)13-7-4-8-15(9-13)20-24(22,23)11-12-5-3-6-12/h4,7-10,12,20H,2-3,5-6,11H2,1H3,(H,18,19,21).